The summed E-state index contributed by atoms with van der Waals surface area (Å²) in [6.07, 6.45) is 4.24. The Kier molecular flexibility index (Phi) is 6.92. The monoisotopic (exact) mass is 440 g/mol. The summed E-state index contributed by atoms with van der Waals surface area (Å²) >= 11 is 0. The highest BCUT2D eigenvalue weighted by molar-refractivity contribution is 7.89. The second-order valence-corrected chi connectivity index (χ2v) is 9.79. The van der Waals surface area contributed by atoms with Gasteiger partial charge in [-0.15, -0.1) is 0 Å². The molecule has 0 bridgehead atoms. The van der Waals surface area contributed by atoms with Crippen LogP contribution in [0.1, 0.15) is 32.9 Å². The molecule has 164 valence electrons. The van der Waals surface area contributed by atoms with E-state index in [-0.39, 0.29) is 10.8 Å². The first-order valence-electron chi connectivity index (χ1n) is 10.1. The lowest BCUT2D eigenvalue weighted by atomic mass is 10.1. The number of nitrogens with one attached hydrogen (secondary N) is 1. The molecule has 0 fully saturated rings. The standard InChI is InChI=1S/C23H28N4O3S/c1-17-14-20(15-21(18(17)2)31(29,30)26(3)4)23(28)25-11-10-22-24-12-13-27(22)16-19-8-6-5-7-9-19/h5-9,12-15H,10-11,16H2,1-4H3,(H,25,28). The van der Waals surface area contributed by atoms with Crippen molar-refractivity contribution in [3.63, 3.8) is 0 Å². The van der Waals surface area contributed by atoms with Crippen LogP contribution in [0, 0.1) is 13.8 Å². The molecule has 0 aliphatic rings. The van der Waals surface area contributed by atoms with Gasteiger partial charge in [-0.2, -0.15) is 0 Å². The lowest BCUT2D eigenvalue weighted by Gasteiger charge is -2.16. The van der Waals surface area contributed by atoms with Crippen LogP contribution in [0.2, 0.25) is 0 Å². The number of rotatable bonds is 8. The number of imidazole rings is 1. The third-order valence-corrected chi connectivity index (χ3v) is 7.21. The summed E-state index contributed by atoms with van der Waals surface area (Å²) in [6.45, 7) is 4.67. The minimum Gasteiger partial charge on any atom is -0.352 e. The number of amides is 1. The van der Waals surface area contributed by atoms with Crippen LogP contribution in [0.3, 0.4) is 0 Å². The van der Waals surface area contributed by atoms with E-state index >= 15 is 0 Å². The number of sulfonamides is 1. The highest BCUT2D eigenvalue weighted by atomic mass is 32.2. The molecule has 2 aromatic carbocycles. The average Bonchev–Trinajstić information content (AvgIpc) is 3.17. The molecule has 0 aliphatic heterocycles. The maximum absolute atomic E-state index is 12.7. The third kappa shape index (κ3) is 5.21. The van der Waals surface area contributed by atoms with Crippen LogP contribution >= 0.6 is 0 Å². The Bertz CT molecular complexity index is 1170. The van der Waals surface area contributed by atoms with Gasteiger partial charge in [-0.25, -0.2) is 17.7 Å². The van der Waals surface area contributed by atoms with Gasteiger partial charge in [-0.05, 0) is 42.7 Å². The van der Waals surface area contributed by atoms with E-state index in [1.54, 1.807) is 26.1 Å². The molecule has 0 radical (unpaired) electrons. The number of hydrogen-bond acceptors (Lipinski definition) is 4. The zero-order chi connectivity index (χ0) is 22.6. The number of aromatic nitrogens is 2. The number of benzene rings is 2. The zero-order valence-electron chi connectivity index (χ0n) is 18.3. The molecule has 3 aromatic rings. The summed E-state index contributed by atoms with van der Waals surface area (Å²) in [6, 6.07) is 13.3. The van der Waals surface area contributed by atoms with Gasteiger partial charge in [-0.3, -0.25) is 4.79 Å². The van der Waals surface area contributed by atoms with E-state index < -0.39 is 10.0 Å². The minimum atomic E-state index is -3.64. The van der Waals surface area contributed by atoms with Crippen molar-refractivity contribution < 1.29 is 13.2 Å². The maximum atomic E-state index is 12.7. The normalized spacial score (nSPS) is 11.6. The topological polar surface area (TPSA) is 84.3 Å². The average molecular weight is 441 g/mol. The molecule has 7 nitrogen and oxygen atoms in total. The Labute approximate surface area is 183 Å². The lowest BCUT2D eigenvalue weighted by Crippen LogP contribution is -2.28. The highest BCUT2D eigenvalue weighted by Gasteiger charge is 2.23. The molecule has 0 unspecified atom stereocenters. The molecular formula is C23H28N4O3S. The van der Waals surface area contributed by atoms with Crippen LogP contribution < -0.4 is 5.32 Å². The number of carbonyl (C=O) groups is 1. The molecule has 0 atom stereocenters. The van der Waals surface area contributed by atoms with Gasteiger partial charge in [0.15, 0.2) is 0 Å². The van der Waals surface area contributed by atoms with Gasteiger partial charge in [0.1, 0.15) is 5.82 Å². The van der Waals surface area contributed by atoms with Crippen LogP contribution in [-0.4, -0.2) is 48.8 Å². The largest absolute Gasteiger partial charge is 0.352 e. The van der Waals surface area contributed by atoms with Crippen LogP contribution in [0.4, 0.5) is 0 Å². The summed E-state index contributed by atoms with van der Waals surface area (Å²) in [5.41, 5.74) is 2.91. The van der Waals surface area contributed by atoms with Crippen LogP contribution in [0.5, 0.6) is 0 Å². The van der Waals surface area contributed by atoms with Crippen LogP contribution in [0.15, 0.2) is 59.8 Å². The first-order valence-corrected chi connectivity index (χ1v) is 11.5. The fourth-order valence-corrected chi connectivity index (χ4v) is 4.52. The van der Waals surface area contributed by atoms with Gasteiger partial charge in [0.05, 0.1) is 4.90 Å². The minimum absolute atomic E-state index is 0.154. The van der Waals surface area contributed by atoms with E-state index in [1.165, 1.54) is 25.7 Å². The number of hydrogen-bond donors (Lipinski definition) is 1. The smallest absolute Gasteiger partial charge is 0.251 e. The quantitative estimate of drug-likeness (QED) is 0.584. The van der Waals surface area contributed by atoms with Crippen molar-refractivity contribution in [1.29, 1.82) is 0 Å². The van der Waals surface area contributed by atoms with Crippen molar-refractivity contribution in [2.45, 2.75) is 31.7 Å². The predicted molar refractivity (Wildman–Crippen MR) is 121 cm³/mol. The Hall–Kier alpha value is -2.97. The third-order valence-electron chi connectivity index (χ3n) is 5.27. The van der Waals surface area contributed by atoms with E-state index in [2.05, 4.69) is 27.0 Å². The number of nitrogens with zero attached hydrogens (tertiary/aromatic N) is 3. The summed E-state index contributed by atoms with van der Waals surface area (Å²) in [4.78, 5) is 17.3. The van der Waals surface area contributed by atoms with Gasteiger partial charge >= 0.3 is 0 Å². The molecule has 0 spiro atoms. The molecule has 0 aliphatic carbocycles. The molecule has 3 rings (SSSR count). The molecule has 1 aromatic heterocycles. The van der Waals surface area contributed by atoms with Crippen molar-refractivity contribution in [2.75, 3.05) is 20.6 Å². The van der Waals surface area contributed by atoms with Crippen molar-refractivity contribution in [3.8, 4) is 0 Å². The molecule has 0 saturated carbocycles. The van der Waals surface area contributed by atoms with Crippen LogP contribution in [-0.2, 0) is 23.0 Å². The van der Waals surface area contributed by atoms with E-state index in [0.29, 0.717) is 30.6 Å². The summed E-state index contributed by atoms with van der Waals surface area (Å²) in [5, 5.41) is 2.88. The van der Waals surface area contributed by atoms with E-state index in [4.69, 9.17) is 0 Å². The highest BCUT2D eigenvalue weighted by Crippen LogP contribution is 2.23. The molecule has 0 saturated heterocycles. The van der Waals surface area contributed by atoms with E-state index in [9.17, 15) is 13.2 Å². The van der Waals surface area contributed by atoms with E-state index in [0.717, 1.165) is 15.7 Å². The Morgan fingerprint density at radius 2 is 1.84 bits per heavy atom. The first kappa shape index (κ1) is 22.7. The Morgan fingerprint density at radius 1 is 1.13 bits per heavy atom. The number of aryl methyl sites for hydroxylation is 1. The Balaban J connectivity index is 1.69. The second-order valence-electron chi connectivity index (χ2n) is 7.67. The van der Waals surface area contributed by atoms with Gasteiger partial charge < -0.3 is 9.88 Å². The molecule has 31 heavy (non-hydrogen) atoms. The Morgan fingerprint density at radius 3 is 2.52 bits per heavy atom. The SMILES string of the molecule is Cc1cc(C(=O)NCCc2nccn2Cc2ccccc2)cc(S(=O)(=O)N(C)C)c1C. The summed E-state index contributed by atoms with van der Waals surface area (Å²) < 4.78 is 28.5. The maximum Gasteiger partial charge on any atom is 0.251 e. The fourth-order valence-electron chi connectivity index (χ4n) is 3.30. The lowest BCUT2D eigenvalue weighted by molar-refractivity contribution is 0.0953. The summed E-state index contributed by atoms with van der Waals surface area (Å²) in [5.74, 6) is 0.569. The molecule has 1 heterocycles. The second kappa shape index (κ2) is 9.45. The molecule has 8 heteroatoms. The first-order chi connectivity index (χ1) is 14.7. The number of carbonyl (C=O) groups excluding carboxylic acids is 1. The van der Waals surface area contributed by atoms with Crippen LogP contribution in [0.25, 0.3) is 0 Å². The van der Waals surface area contributed by atoms with Gasteiger partial charge in [-0.1, -0.05) is 30.3 Å². The van der Waals surface area contributed by atoms with Crippen molar-refractivity contribution in [1.82, 2.24) is 19.2 Å². The van der Waals surface area contributed by atoms with Gasteiger partial charge in [0.2, 0.25) is 10.0 Å². The summed E-state index contributed by atoms with van der Waals surface area (Å²) in [7, 11) is -0.676. The molecular weight excluding hydrogens is 412 g/mol. The van der Waals surface area contributed by atoms with Crippen molar-refractivity contribution in [2.24, 2.45) is 0 Å². The van der Waals surface area contributed by atoms with Crippen molar-refractivity contribution >= 4 is 15.9 Å². The van der Waals surface area contributed by atoms with Gasteiger partial charge in [0, 0.05) is 51.6 Å². The molecule has 1 N–H and O–H groups in total. The van der Waals surface area contributed by atoms with Gasteiger partial charge in [0.25, 0.3) is 5.91 Å². The van der Waals surface area contributed by atoms with E-state index in [1.807, 2.05) is 24.4 Å². The van der Waals surface area contributed by atoms with Crippen molar-refractivity contribution in [3.05, 3.63) is 82.9 Å². The predicted octanol–water partition coefficient (Wildman–Crippen LogP) is 2.77. The zero-order valence-corrected chi connectivity index (χ0v) is 19.1. The fraction of sp³-hybridized carbons (Fsp3) is 0.304. The molecule has 1 amide bonds.